The molecule has 0 radical (unpaired) electrons. The summed E-state index contributed by atoms with van der Waals surface area (Å²) < 4.78 is 16.9. The number of benzene rings is 1. The summed E-state index contributed by atoms with van der Waals surface area (Å²) in [6, 6.07) is 7.18. The molecular weight excluding hydrogens is 330 g/mol. The van der Waals surface area contributed by atoms with Gasteiger partial charge in [0.1, 0.15) is 11.3 Å². The van der Waals surface area contributed by atoms with Crippen molar-refractivity contribution in [3.63, 3.8) is 0 Å². The Morgan fingerprint density at radius 3 is 2.73 bits per heavy atom. The molecule has 1 aliphatic heterocycles. The standard InChI is InChI=1S/C21H27NO4/c1-16(2)4-7-18-19(8-5-17-6-9-20(23)26-21(17)18)25-13-3-10-22-11-14-24-15-12-22/h4-6,8-9H,3,7,10-15H2,1-2H3. The van der Waals surface area contributed by atoms with E-state index in [1.165, 1.54) is 11.6 Å². The van der Waals surface area contributed by atoms with Crippen LogP contribution in [-0.2, 0) is 11.2 Å². The van der Waals surface area contributed by atoms with Crippen molar-refractivity contribution in [2.45, 2.75) is 26.7 Å². The van der Waals surface area contributed by atoms with Crippen LogP contribution in [0, 0.1) is 0 Å². The summed E-state index contributed by atoms with van der Waals surface area (Å²) in [5.74, 6) is 0.798. The Kier molecular flexibility index (Phi) is 6.47. The molecule has 1 fully saturated rings. The molecule has 1 aromatic heterocycles. The van der Waals surface area contributed by atoms with E-state index in [2.05, 4.69) is 24.8 Å². The van der Waals surface area contributed by atoms with Gasteiger partial charge in [-0.25, -0.2) is 4.79 Å². The van der Waals surface area contributed by atoms with Crippen LogP contribution in [0.5, 0.6) is 5.75 Å². The van der Waals surface area contributed by atoms with Gasteiger partial charge in [-0.15, -0.1) is 0 Å². The Balaban J connectivity index is 1.72. The lowest BCUT2D eigenvalue weighted by atomic mass is 10.1. The van der Waals surface area contributed by atoms with Crippen LogP contribution in [0.4, 0.5) is 0 Å². The van der Waals surface area contributed by atoms with Crippen molar-refractivity contribution in [1.29, 1.82) is 0 Å². The second kappa shape index (κ2) is 9.01. The van der Waals surface area contributed by atoms with Crippen LogP contribution >= 0.6 is 0 Å². The maximum Gasteiger partial charge on any atom is 0.336 e. The van der Waals surface area contributed by atoms with Gasteiger partial charge < -0.3 is 13.9 Å². The van der Waals surface area contributed by atoms with E-state index in [0.717, 1.165) is 56.0 Å². The molecule has 5 heteroatoms. The molecule has 1 saturated heterocycles. The van der Waals surface area contributed by atoms with Gasteiger partial charge in [-0.2, -0.15) is 0 Å². The Morgan fingerprint density at radius 1 is 1.19 bits per heavy atom. The minimum Gasteiger partial charge on any atom is -0.493 e. The summed E-state index contributed by atoms with van der Waals surface area (Å²) in [5, 5.41) is 0.919. The van der Waals surface area contributed by atoms with E-state index in [1.807, 2.05) is 12.1 Å². The first-order valence-electron chi connectivity index (χ1n) is 9.25. The topological polar surface area (TPSA) is 51.9 Å². The normalized spacial score (nSPS) is 15.2. The predicted octanol–water partition coefficient (Wildman–Crippen LogP) is 3.40. The van der Waals surface area contributed by atoms with Crippen molar-refractivity contribution in [2.75, 3.05) is 39.5 Å². The molecule has 0 atom stereocenters. The zero-order chi connectivity index (χ0) is 18.4. The molecule has 26 heavy (non-hydrogen) atoms. The summed E-state index contributed by atoms with van der Waals surface area (Å²) in [5.41, 5.74) is 2.45. The molecule has 1 aliphatic rings. The van der Waals surface area contributed by atoms with Gasteiger partial charge in [0, 0.05) is 36.7 Å². The summed E-state index contributed by atoms with van der Waals surface area (Å²) in [4.78, 5) is 14.1. The quantitative estimate of drug-likeness (QED) is 0.432. The van der Waals surface area contributed by atoms with Crippen LogP contribution in [0.15, 0.2) is 45.1 Å². The van der Waals surface area contributed by atoms with Crippen molar-refractivity contribution >= 4 is 11.0 Å². The molecule has 5 nitrogen and oxygen atoms in total. The number of morpholine rings is 1. The highest BCUT2D eigenvalue weighted by molar-refractivity contribution is 5.82. The average molecular weight is 357 g/mol. The van der Waals surface area contributed by atoms with E-state index >= 15 is 0 Å². The van der Waals surface area contributed by atoms with Gasteiger partial charge in [0.15, 0.2) is 0 Å². The number of hydrogen-bond donors (Lipinski definition) is 0. The van der Waals surface area contributed by atoms with Gasteiger partial charge in [0.05, 0.1) is 19.8 Å². The lowest BCUT2D eigenvalue weighted by molar-refractivity contribution is 0.0358. The zero-order valence-electron chi connectivity index (χ0n) is 15.6. The van der Waals surface area contributed by atoms with Crippen LogP contribution in [0.25, 0.3) is 11.0 Å². The van der Waals surface area contributed by atoms with E-state index in [9.17, 15) is 4.79 Å². The number of rotatable bonds is 7. The Labute approximate surface area is 154 Å². The molecule has 2 aromatic rings. The van der Waals surface area contributed by atoms with Crippen molar-refractivity contribution in [1.82, 2.24) is 4.90 Å². The van der Waals surface area contributed by atoms with Gasteiger partial charge in [0.2, 0.25) is 0 Å². The van der Waals surface area contributed by atoms with E-state index in [4.69, 9.17) is 13.9 Å². The highest BCUT2D eigenvalue weighted by Gasteiger charge is 2.12. The number of allylic oxidation sites excluding steroid dienone is 2. The third kappa shape index (κ3) is 4.96. The van der Waals surface area contributed by atoms with Gasteiger partial charge in [0.25, 0.3) is 0 Å². The molecule has 0 spiro atoms. The number of ether oxygens (including phenoxy) is 2. The zero-order valence-corrected chi connectivity index (χ0v) is 15.6. The molecule has 0 bridgehead atoms. The Morgan fingerprint density at radius 2 is 1.96 bits per heavy atom. The van der Waals surface area contributed by atoms with Gasteiger partial charge >= 0.3 is 5.63 Å². The minimum absolute atomic E-state index is 0.333. The fourth-order valence-electron chi connectivity index (χ4n) is 3.10. The van der Waals surface area contributed by atoms with Crippen molar-refractivity contribution in [2.24, 2.45) is 0 Å². The number of nitrogens with zero attached hydrogens (tertiary/aromatic N) is 1. The molecule has 0 N–H and O–H groups in total. The first-order valence-corrected chi connectivity index (χ1v) is 9.25. The minimum atomic E-state index is -0.333. The molecule has 2 heterocycles. The van der Waals surface area contributed by atoms with Crippen LogP contribution in [0.3, 0.4) is 0 Å². The van der Waals surface area contributed by atoms with Gasteiger partial charge in [-0.1, -0.05) is 11.6 Å². The van der Waals surface area contributed by atoms with Crippen molar-refractivity contribution in [3.05, 3.63) is 51.9 Å². The van der Waals surface area contributed by atoms with E-state index in [1.54, 1.807) is 6.07 Å². The summed E-state index contributed by atoms with van der Waals surface area (Å²) >= 11 is 0. The molecule has 0 amide bonds. The summed E-state index contributed by atoms with van der Waals surface area (Å²) in [7, 11) is 0. The average Bonchev–Trinajstić information content (AvgIpc) is 2.64. The number of fused-ring (bicyclic) bond motifs is 1. The maximum absolute atomic E-state index is 11.7. The maximum atomic E-state index is 11.7. The predicted molar refractivity (Wildman–Crippen MR) is 103 cm³/mol. The highest BCUT2D eigenvalue weighted by atomic mass is 16.5. The second-order valence-corrected chi connectivity index (χ2v) is 6.86. The molecule has 0 saturated carbocycles. The molecule has 3 rings (SSSR count). The third-order valence-corrected chi connectivity index (χ3v) is 4.54. The molecular formula is C21H27NO4. The van der Waals surface area contributed by atoms with Crippen LogP contribution in [0.2, 0.25) is 0 Å². The monoisotopic (exact) mass is 357 g/mol. The van der Waals surface area contributed by atoms with Crippen LogP contribution in [0.1, 0.15) is 25.8 Å². The smallest absolute Gasteiger partial charge is 0.336 e. The van der Waals surface area contributed by atoms with E-state index < -0.39 is 0 Å². The SMILES string of the molecule is CC(C)=CCc1c(OCCCN2CCOCC2)ccc2ccc(=O)oc12. The third-order valence-electron chi connectivity index (χ3n) is 4.54. The molecule has 0 unspecified atom stereocenters. The van der Waals surface area contributed by atoms with Crippen molar-refractivity contribution in [3.8, 4) is 5.75 Å². The lowest BCUT2D eigenvalue weighted by Gasteiger charge is -2.26. The van der Waals surface area contributed by atoms with Crippen LogP contribution in [-0.4, -0.2) is 44.4 Å². The summed E-state index contributed by atoms with van der Waals surface area (Å²) in [6.45, 7) is 9.39. The highest BCUT2D eigenvalue weighted by Crippen LogP contribution is 2.28. The first-order chi connectivity index (χ1) is 12.6. The molecule has 1 aromatic carbocycles. The molecule has 140 valence electrons. The fraction of sp³-hybridized carbons (Fsp3) is 0.476. The number of hydrogen-bond acceptors (Lipinski definition) is 5. The van der Waals surface area contributed by atoms with Crippen molar-refractivity contribution < 1.29 is 13.9 Å². The fourth-order valence-corrected chi connectivity index (χ4v) is 3.10. The lowest BCUT2D eigenvalue weighted by Crippen LogP contribution is -2.37. The summed E-state index contributed by atoms with van der Waals surface area (Å²) in [6.07, 6.45) is 3.77. The Bertz CT molecular complexity index is 814. The first kappa shape index (κ1) is 18.7. The van der Waals surface area contributed by atoms with E-state index in [-0.39, 0.29) is 5.63 Å². The van der Waals surface area contributed by atoms with Crippen LogP contribution < -0.4 is 10.4 Å². The van der Waals surface area contributed by atoms with Gasteiger partial charge in [-0.05, 0) is 44.9 Å². The van der Waals surface area contributed by atoms with E-state index in [0.29, 0.717) is 18.6 Å². The Hall–Kier alpha value is -2.11. The largest absolute Gasteiger partial charge is 0.493 e. The molecule has 0 aliphatic carbocycles. The van der Waals surface area contributed by atoms with Gasteiger partial charge in [-0.3, -0.25) is 4.90 Å². The second-order valence-electron chi connectivity index (χ2n) is 6.86.